The first-order valence-electron chi connectivity index (χ1n) is 7.21. The van der Waals surface area contributed by atoms with E-state index < -0.39 is 0 Å². The summed E-state index contributed by atoms with van der Waals surface area (Å²) in [5, 5.41) is 3.85. The van der Waals surface area contributed by atoms with Gasteiger partial charge in [-0.25, -0.2) is 4.39 Å². The smallest absolute Gasteiger partial charge is 0.127 e. The summed E-state index contributed by atoms with van der Waals surface area (Å²) < 4.78 is 13.9. The number of nitrogens with one attached hydrogen (secondary N) is 1. The van der Waals surface area contributed by atoms with Crippen LogP contribution in [0, 0.1) is 17.7 Å². The van der Waals surface area contributed by atoms with E-state index in [0.717, 1.165) is 17.9 Å². The fraction of sp³-hybridized carbons (Fsp3) is 0.625. The van der Waals surface area contributed by atoms with Gasteiger partial charge in [-0.3, -0.25) is 0 Å². The van der Waals surface area contributed by atoms with Gasteiger partial charge in [0.1, 0.15) is 5.82 Å². The first kappa shape index (κ1) is 14.8. The average molecular weight is 284 g/mol. The Morgan fingerprint density at radius 3 is 2.84 bits per heavy atom. The van der Waals surface area contributed by atoms with E-state index in [1.807, 2.05) is 13.1 Å². The molecule has 1 N–H and O–H groups in total. The third-order valence-corrected chi connectivity index (χ3v) is 4.61. The summed E-state index contributed by atoms with van der Waals surface area (Å²) in [6, 6.07) is 5.36. The van der Waals surface area contributed by atoms with Gasteiger partial charge in [-0.05, 0) is 55.8 Å². The molecule has 0 saturated heterocycles. The van der Waals surface area contributed by atoms with Gasteiger partial charge in [-0.2, -0.15) is 0 Å². The summed E-state index contributed by atoms with van der Waals surface area (Å²) in [6.07, 6.45) is 5.89. The normalized spacial score (nSPS) is 25.3. The Morgan fingerprint density at radius 2 is 2.21 bits per heavy atom. The van der Waals surface area contributed by atoms with E-state index in [-0.39, 0.29) is 5.82 Å². The molecule has 1 saturated carbocycles. The minimum Gasteiger partial charge on any atom is -0.316 e. The van der Waals surface area contributed by atoms with Crippen LogP contribution in [0.2, 0.25) is 5.02 Å². The van der Waals surface area contributed by atoms with Crippen molar-refractivity contribution in [2.75, 3.05) is 7.05 Å². The third-order valence-electron chi connectivity index (χ3n) is 4.37. The molecule has 1 aliphatic carbocycles. The van der Waals surface area contributed by atoms with Crippen molar-refractivity contribution in [1.29, 1.82) is 0 Å². The molecule has 0 aromatic heterocycles. The Bertz CT molecular complexity index is 421. The molecule has 3 heteroatoms. The van der Waals surface area contributed by atoms with Gasteiger partial charge < -0.3 is 5.32 Å². The molecule has 19 heavy (non-hydrogen) atoms. The van der Waals surface area contributed by atoms with Crippen LogP contribution in [0.3, 0.4) is 0 Å². The van der Waals surface area contributed by atoms with Crippen LogP contribution in [0.1, 0.15) is 38.2 Å². The Kier molecular flexibility index (Phi) is 5.23. The summed E-state index contributed by atoms with van der Waals surface area (Å²) in [5.74, 6) is 1.27. The highest BCUT2D eigenvalue weighted by molar-refractivity contribution is 6.30. The fourth-order valence-electron chi connectivity index (χ4n) is 3.28. The molecule has 106 valence electrons. The SMILES string of the molecule is CNC(Cc1ccc(Cl)cc1F)C1CCCC(C)C1. The molecular formula is C16H23ClFN. The zero-order valence-corrected chi connectivity index (χ0v) is 12.5. The maximum absolute atomic E-state index is 13.9. The second-order valence-electron chi connectivity index (χ2n) is 5.87. The average Bonchev–Trinajstić information content (AvgIpc) is 2.38. The molecule has 1 aliphatic rings. The van der Waals surface area contributed by atoms with Crippen LogP contribution in [0.5, 0.6) is 0 Å². The lowest BCUT2D eigenvalue weighted by molar-refractivity contribution is 0.226. The largest absolute Gasteiger partial charge is 0.316 e. The van der Waals surface area contributed by atoms with Crippen LogP contribution in [0.4, 0.5) is 4.39 Å². The molecule has 3 atom stereocenters. The van der Waals surface area contributed by atoms with E-state index in [2.05, 4.69) is 12.2 Å². The molecule has 3 unspecified atom stereocenters. The second-order valence-corrected chi connectivity index (χ2v) is 6.30. The molecule has 0 heterocycles. The van der Waals surface area contributed by atoms with E-state index in [1.54, 1.807) is 6.07 Å². The Balaban J connectivity index is 2.05. The van der Waals surface area contributed by atoms with Crippen molar-refractivity contribution in [2.45, 2.75) is 45.1 Å². The van der Waals surface area contributed by atoms with Crippen molar-refractivity contribution in [2.24, 2.45) is 11.8 Å². The standard InChI is InChI=1S/C16H23ClFN/c1-11-4-3-5-13(8-11)16(19-2)9-12-6-7-14(17)10-15(12)18/h6-7,10-11,13,16,19H,3-5,8-9H2,1-2H3. The maximum Gasteiger partial charge on any atom is 0.127 e. The molecule has 1 aromatic carbocycles. The van der Waals surface area contributed by atoms with E-state index in [9.17, 15) is 4.39 Å². The van der Waals surface area contributed by atoms with Gasteiger partial charge in [-0.1, -0.05) is 37.4 Å². The van der Waals surface area contributed by atoms with Gasteiger partial charge >= 0.3 is 0 Å². The van der Waals surface area contributed by atoms with Crippen molar-refractivity contribution < 1.29 is 4.39 Å². The second kappa shape index (κ2) is 6.71. The summed E-state index contributed by atoms with van der Waals surface area (Å²) in [4.78, 5) is 0. The van der Waals surface area contributed by atoms with Crippen LogP contribution in [-0.2, 0) is 6.42 Å². The minimum atomic E-state index is -0.184. The van der Waals surface area contributed by atoms with Crippen molar-refractivity contribution in [3.63, 3.8) is 0 Å². The molecule has 0 radical (unpaired) electrons. The molecule has 0 bridgehead atoms. The van der Waals surface area contributed by atoms with Gasteiger partial charge in [0.05, 0.1) is 0 Å². The highest BCUT2D eigenvalue weighted by Crippen LogP contribution is 2.32. The molecule has 0 aliphatic heterocycles. The topological polar surface area (TPSA) is 12.0 Å². The first-order valence-corrected chi connectivity index (χ1v) is 7.59. The molecule has 0 amide bonds. The van der Waals surface area contributed by atoms with E-state index >= 15 is 0 Å². The fourth-order valence-corrected chi connectivity index (χ4v) is 3.43. The zero-order chi connectivity index (χ0) is 13.8. The first-order chi connectivity index (χ1) is 9.10. The number of hydrogen-bond acceptors (Lipinski definition) is 1. The lowest BCUT2D eigenvalue weighted by Gasteiger charge is -2.33. The van der Waals surface area contributed by atoms with E-state index in [0.29, 0.717) is 17.0 Å². The van der Waals surface area contributed by atoms with Crippen molar-refractivity contribution in [1.82, 2.24) is 5.32 Å². The quantitative estimate of drug-likeness (QED) is 0.862. The summed E-state index contributed by atoms with van der Waals surface area (Å²) in [5.41, 5.74) is 0.766. The van der Waals surface area contributed by atoms with Crippen molar-refractivity contribution >= 4 is 11.6 Å². The molecule has 0 spiro atoms. The minimum absolute atomic E-state index is 0.184. The van der Waals surface area contributed by atoms with Gasteiger partial charge in [0.2, 0.25) is 0 Å². The van der Waals surface area contributed by atoms with Crippen LogP contribution in [0.25, 0.3) is 0 Å². The Labute approximate surface area is 120 Å². The maximum atomic E-state index is 13.9. The number of hydrogen-bond donors (Lipinski definition) is 1. The van der Waals surface area contributed by atoms with Crippen LogP contribution in [0.15, 0.2) is 18.2 Å². The van der Waals surface area contributed by atoms with Crippen molar-refractivity contribution in [3.05, 3.63) is 34.6 Å². The van der Waals surface area contributed by atoms with Crippen LogP contribution >= 0.6 is 11.6 Å². The van der Waals surface area contributed by atoms with Crippen molar-refractivity contribution in [3.8, 4) is 0 Å². The number of benzene rings is 1. The van der Waals surface area contributed by atoms with Gasteiger partial charge in [0.15, 0.2) is 0 Å². The summed E-state index contributed by atoms with van der Waals surface area (Å²) in [6.45, 7) is 2.32. The van der Waals surface area contributed by atoms with Crippen LogP contribution < -0.4 is 5.32 Å². The van der Waals surface area contributed by atoms with Gasteiger partial charge in [0.25, 0.3) is 0 Å². The van der Waals surface area contributed by atoms with Gasteiger partial charge in [-0.15, -0.1) is 0 Å². The van der Waals surface area contributed by atoms with Gasteiger partial charge in [0, 0.05) is 11.1 Å². The highest BCUT2D eigenvalue weighted by atomic mass is 35.5. The molecule has 2 rings (SSSR count). The Morgan fingerprint density at radius 1 is 1.42 bits per heavy atom. The predicted octanol–water partition coefficient (Wildman–Crippen LogP) is 4.44. The Hall–Kier alpha value is -0.600. The molecular weight excluding hydrogens is 261 g/mol. The zero-order valence-electron chi connectivity index (χ0n) is 11.8. The number of halogens is 2. The lowest BCUT2D eigenvalue weighted by Crippen LogP contribution is -2.38. The summed E-state index contributed by atoms with van der Waals surface area (Å²) >= 11 is 5.80. The van der Waals surface area contributed by atoms with Crippen LogP contribution in [-0.4, -0.2) is 13.1 Å². The predicted molar refractivity (Wildman–Crippen MR) is 79.1 cm³/mol. The molecule has 1 aromatic rings. The third kappa shape index (κ3) is 3.93. The monoisotopic (exact) mass is 283 g/mol. The number of likely N-dealkylation sites (N-methyl/N-ethyl adjacent to an activating group) is 1. The van der Waals surface area contributed by atoms with E-state index in [1.165, 1.54) is 31.7 Å². The van der Waals surface area contributed by atoms with E-state index in [4.69, 9.17) is 11.6 Å². The molecule has 1 fully saturated rings. The lowest BCUT2D eigenvalue weighted by atomic mass is 9.77. The molecule has 1 nitrogen and oxygen atoms in total. The highest BCUT2D eigenvalue weighted by Gasteiger charge is 2.26. The number of rotatable bonds is 4. The summed E-state index contributed by atoms with van der Waals surface area (Å²) in [7, 11) is 1.98.